The van der Waals surface area contributed by atoms with E-state index in [0.717, 1.165) is 83.5 Å². The number of rotatable bonds is 54. The van der Waals surface area contributed by atoms with Crippen LogP contribution in [-0.2, 0) is 28.6 Å². The van der Waals surface area contributed by atoms with Gasteiger partial charge in [-0.2, -0.15) is 0 Å². The van der Waals surface area contributed by atoms with Gasteiger partial charge in [0.1, 0.15) is 13.2 Å². The van der Waals surface area contributed by atoms with Gasteiger partial charge in [-0.15, -0.1) is 0 Å². The van der Waals surface area contributed by atoms with Crippen LogP contribution in [0.3, 0.4) is 0 Å². The van der Waals surface area contributed by atoms with Crippen molar-refractivity contribution in [3.63, 3.8) is 0 Å². The van der Waals surface area contributed by atoms with Crippen LogP contribution in [0.2, 0.25) is 0 Å². The zero-order valence-electron chi connectivity index (χ0n) is 45.4. The van der Waals surface area contributed by atoms with Crippen LogP contribution in [0.4, 0.5) is 0 Å². The molecule has 0 N–H and O–H groups in total. The van der Waals surface area contributed by atoms with Crippen molar-refractivity contribution >= 4 is 17.9 Å². The van der Waals surface area contributed by atoms with E-state index in [4.69, 9.17) is 14.2 Å². The van der Waals surface area contributed by atoms with E-state index in [1.807, 2.05) is 0 Å². The van der Waals surface area contributed by atoms with Crippen LogP contribution in [0.25, 0.3) is 0 Å². The molecule has 0 spiro atoms. The lowest BCUT2D eigenvalue weighted by Crippen LogP contribution is -2.30. The fourth-order valence-corrected chi connectivity index (χ4v) is 8.60. The fraction of sp³-hybridized carbons (Fsp3) is 0.823. The molecule has 0 aliphatic rings. The predicted molar refractivity (Wildman–Crippen MR) is 293 cm³/mol. The lowest BCUT2D eigenvalue weighted by atomic mass is 10.0. The Morgan fingerprint density at radius 1 is 0.294 bits per heavy atom. The Labute approximate surface area is 422 Å². The van der Waals surface area contributed by atoms with Crippen LogP contribution < -0.4 is 0 Å². The van der Waals surface area contributed by atoms with Gasteiger partial charge in [0.05, 0.1) is 0 Å². The highest BCUT2D eigenvalue weighted by Gasteiger charge is 2.19. The number of hydrogen-bond donors (Lipinski definition) is 0. The molecule has 0 aliphatic carbocycles. The summed E-state index contributed by atoms with van der Waals surface area (Å²) in [5.41, 5.74) is 0. The number of esters is 3. The van der Waals surface area contributed by atoms with Crippen molar-refractivity contribution in [2.75, 3.05) is 13.2 Å². The van der Waals surface area contributed by atoms with Crippen LogP contribution in [0.5, 0.6) is 0 Å². The van der Waals surface area contributed by atoms with Crippen LogP contribution in [0.15, 0.2) is 48.6 Å². The first-order valence-corrected chi connectivity index (χ1v) is 29.6. The molecule has 0 radical (unpaired) electrons. The third kappa shape index (κ3) is 54.3. The van der Waals surface area contributed by atoms with Crippen molar-refractivity contribution in [1.29, 1.82) is 0 Å². The topological polar surface area (TPSA) is 78.9 Å². The number of carbonyl (C=O) groups excluding carboxylic acids is 3. The molecule has 0 saturated heterocycles. The van der Waals surface area contributed by atoms with E-state index in [-0.39, 0.29) is 31.1 Å². The zero-order chi connectivity index (χ0) is 49.3. The van der Waals surface area contributed by atoms with Gasteiger partial charge in [-0.3, -0.25) is 14.4 Å². The first kappa shape index (κ1) is 65.4. The molecule has 0 heterocycles. The average molecular weight is 954 g/mol. The molecule has 0 amide bonds. The Kier molecular flexibility index (Phi) is 54.8. The minimum Gasteiger partial charge on any atom is -0.462 e. The zero-order valence-corrected chi connectivity index (χ0v) is 45.4. The Morgan fingerprint density at radius 2 is 0.529 bits per heavy atom. The van der Waals surface area contributed by atoms with Crippen molar-refractivity contribution in [1.82, 2.24) is 0 Å². The largest absolute Gasteiger partial charge is 0.462 e. The second-order valence-corrected chi connectivity index (χ2v) is 19.9. The Hall–Kier alpha value is -2.63. The van der Waals surface area contributed by atoms with Gasteiger partial charge in [0, 0.05) is 19.3 Å². The van der Waals surface area contributed by atoms with Gasteiger partial charge in [0.2, 0.25) is 0 Å². The lowest BCUT2D eigenvalue weighted by Gasteiger charge is -2.18. The highest BCUT2D eigenvalue weighted by molar-refractivity contribution is 5.71. The molecule has 68 heavy (non-hydrogen) atoms. The van der Waals surface area contributed by atoms with E-state index < -0.39 is 6.10 Å². The maximum Gasteiger partial charge on any atom is 0.306 e. The second kappa shape index (κ2) is 57.0. The molecule has 6 heteroatoms. The van der Waals surface area contributed by atoms with Crippen LogP contribution in [0, 0.1) is 0 Å². The molecule has 0 aliphatic heterocycles. The van der Waals surface area contributed by atoms with Gasteiger partial charge in [-0.25, -0.2) is 0 Å². The van der Waals surface area contributed by atoms with Crippen LogP contribution >= 0.6 is 0 Å². The number of hydrogen-bond acceptors (Lipinski definition) is 6. The van der Waals surface area contributed by atoms with Crippen molar-refractivity contribution in [2.45, 2.75) is 316 Å². The summed E-state index contributed by atoms with van der Waals surface area (Å²) in [4.78, 5) is 38.2. The molecule has 6 nitrogen and oxygen atoms in total. The molecule has 0 aromatic heterocycles. The maximum atomic E-state index is 12.9. The number of unbranched alkanes of at least 4 members (excludes halogenated alkanes) is 35. The first-order chi connectivity index (χ1) is 33.5. The molecular formula is C62H112O6. The third-order valence-corrected chi connectivity index (χ3v) is 13.1. The average Bonchev–Trinajstić information content (AvgIpc) is 3.34. The van der Waals surface area contributed by atoms with E-state index in [9.17, 15) is 14.4 Å². The summed E-state index contributed by atoms with van der Waals surface area (Å²) in [5, 5.41) is 0. The molecule has 0 saturated carbocycles. The summed E-state index contributed by atoms with van der Waals surface area (Å²) in [6.45, 7) is 6.63. The highest BCUT2D eigenvalue weighted by atomic mass is 16.6. The van der Waals surface area contributed by atoms with Crippen LogP contribution in [-0.4, -0.2) is 37.2 Å². The van der Waals surface area contributed by atoms with E-state index in [2.05, 4.69) is 69.4 Å². The summed E-state index contributed by atoms with van der Waals surface area (Å²) in [7, 11) is 0. The minimum absolute atomic E-state index is 0.0788. The summed E-state index contributed by atoms with van der Waals surface area (Å²) in [6.07, 6.45) is 69.6. The summed E-state index contributed by atoms with van der Waals surface area (Å²) in [5.74, 6) is -0.892. The number of ether oxygens (including phenoxy) is 3. The molecular weight excluding hydrogens is 841 g/mol. The fourth-order valence-electron chi connectivity index (χ4n) is 8.60. The normalized spacial score (nSPS) is 12.3. The molecule has 1 atom stereocenters. The first-order valence-electron chi connectivity index (χ1n) is 29.6. The molecule has 0 bridgehead atoms. The van der Waals surface area contributed by atoms with Crippen LogP contribution in [0.1, 0.15) is 310 Å². The van der Waals surface area contributed by atoms with Gasteiger partial charge in [0.25, 0.3) is 0 Å². The second-order valence-electron chi connectivity index (χ2n) is 19.9. The summed E-state index contributed by atoms with van der Waals surface area (Å²) < 4.78 is 16.9. The molecule has 0 aromatic carbocycles. The van der Waals surface area contributed by atoms with Crippen molar-refractivity contribution in [3.8, 4) is 0 Å². The van der Waals surface area contributed by atoms with Crippen molar-refractivity contribution < 1.29 is 28.6 Å². The number of allylic oxidation sites excluding steroid dienone is 8. The SMILES string of the molecule is CCCCC/C=C/C/C=C/C/C=C/C/C=C/CCCCCC(=O)OC[C@@H](COC(=O)CCCCCCCCCCCCCCCC)OC(=O)CCCCCCCCCCCCCCCCCCC. The molecule has 0 rings (SSSR count). The molecule has 0 unspecified atom stereocenters. The Bertz CT molecular complexity index is 1190. The highest BCUT2D eigenvalue weighted by Crippen LogP contribution is 2.17. The number of carbonyl (C=O) groups is 3. The standard InChI is InChI=1S/C62H112O6/c1-4-7-10-13-16-19-22-25-28-30-31-33-34-37-40-43-46-49-52-55-61(64)67-58-59(57-66-60(63)54-51-48-45-42-39-36-27-24-21-18-15-12-9-6-3)68-62(65)56-53-50-47-44-41-38-35-32-29-26-23-20-17-14-11-8-5-2/h16,19,25,28,31,33,37,40,59H,4-15,17-18,20-24,26-27,29-30,32,34-36,38-39,41-58H2,1-3H3/b19-16+,28-25+,33-31+,40-37+/t59-/m1/s1. The van der Waals surface area contributed by atoms with Gasteiger partial charge in [-0.1, -0.05) is 275 Å². The monoisotopic (exact) mass is 953 g/mol. The summed E-state index contributed by atoms with van der Waals surface area (Å²) >= 11 is 0. The van der Waals surface area contributed by atoms with E-state index >= 15 is 0 Å². The Balaban J connectivity index is 4.39. The predicted octanol–water partition coefficient (Wildman–Crippen LogP) is 19.8. The van der Waals surface area contributed by atoms with Gasteiger partial charge in [0.15, 0.2) is 6.10 Å². The Morgan fingerprint density at radius 3 is 0.853 bits per heavy atom. The lowest BCUT2D eigenvalue weighted by molar-refractivity contribution is -0.167. The quantitative estimate of drug-likeness (QED) is 0.0262. The smallest absolute Gasteiger partial charge is 0.306 e. The van der Waals surface area contributed by atoms with Gasteiger partial charge < -0.3 is 14.2 Å². The molecule has 396 valence electrons. The van der Waals surface area contributed by atoms with Crippen molar-refractivity contribution in [3.05, 3.63) is 48.6 Å². The minimum atomic E-state index is -0.782. The maximum absolute atomic E-state index is 12.9. The van der Waals surface area contributed by atoms with E-state index in [0.29, 0.717) is 19.3 Å². The van der Waals surface area contributed by atoms with Crippen molar-refractivity contribution in [2.24, 2.45) is 0 Å². The van der Waals surface area contributed by atoms with Gasteiger partial charge >= 0.3 is 17.9 Å². The third-order valence-electron chi connectivity index (χ3n) is 13.1. The molecule has 0 aromatic rings. The van der Waals surface area contributed by atoms with E-state index in [1.54, 1.807) is 0 Å². The summed E-state index contributed by atoms with van der Waals surface area (Å²) in [6, 6.07) is 0. The molecule has 0 fully saturated rings. The van der Waals surface area contributed by atoms with Gasteiger partial charge in [-0.05, 0) is 64.2 Å². The van der Waals surface area contributed by atoms with E-state index in [1.165, 1.54) is 186 Å².